The van der Waals surface area contributed by atoms with E-state index in [9.17, 15) is 4.79 Å². The fourth-order valence-electron chi connectivity index (χ4n) is 1.60. The zero-order valence-corrected chi connectivity index (χ0v) is 12.3. The summed E-state index contributed by atoms with van der Waals surface area (Å²) in [6.45, 7) is 7.95. The van der Waals surface area contributed by atoms with Gasteiger partial charge in [0.2, 0.25) is 0 Å². The van der Waals surface area contributed by atoms with Gasteiger partial charge in [-0.05, 0) is 39.0 Å². The molecule has 20 heavy (non-hydrogen) atoms. The first-order valence-corrected chi connectivity index (χ1v) is 6.87. The summed E-state index contributed by atoms with van der Waals surface area (Å²) in [6, 6.07) is 5.02. The Balaban J connectivity index is 2.69. The molecule has 5 nitrogen and oxygen atoms in total. The van der Waals surface area contributed by atoms with Crippen LogP contribution in [-0.2, 0) is 9.47 Å². The maximum atomic E-state index is 11.9. The minimum atomic E-state index is -0.395. The lowest BCUT2D eigenvalue weighted by Crippen LogP contribution is -2.11. The maximum absolute atomic E-state index is 11.9. The van der Waals surface area contributed by atoms with E-state index in [1.54, 1.807) is 18.2 Å². The van der Waals surface area contributed by atoms with E-state index in [2.05, 4.69) is 0 Å². The third-order valence-electron chi connectivity index (χ3n) is 2.44. The molecular weight excluding hydrogens is 260 g/mol. The zero-order valence-electron chi connectivity index (χ0n) is 12.3. The molecule has 5 heteroatoms. The number of rotatable bonds is 9. The van der Waals surface area contributed by atoms with Crippen LogP contribution in [0.25, 0.3) is 0 Å². The summed E-state index contributed by atoms with van der Waals surface area (Å²) in [5.41, 5.74) is 0.438. The Morgan fingerprint density at radius 2 is 1.65 bits per heavy atom. The van der Waals surface area contributed by atoms with Crippen molar-refractivity contribution < 1.29 is 23.7 Å². The molecule has 0 N–H and O–H groups in total. The van der Waals surface area contributed by atoms with Crippen molar-refractivity contribution in [2.75, 3.05) is 33.0 Å². The Hall–Kier alpha value is -1.75. The van der Waals surface area contributed by atoms with Crippen molar-refractivity contribution in [3.8, 4) is 11.5 Å². The van der Waals surface area contributed by atoms with Crippen LogP contribution in [0.5, 0.6) is 11.5 Å². The molecule has 0 saturated heterocycles. The number of hydrogen-bond acceptors (Lipinski definition) is 5. The van der Waals surface area contributed by atoms with E-state index in [1.807, 2.05) is 20.8 Å². The minimum Gasteiger partial charge on any atom is -0.490 e. The van der Waals surface area contributed by atoms with Crippen molar-refractivity contribution in [1.29, 1.82) is 0 Å². The average Bonchev–Trinajstić information content (AvgIpc) is 2.45. The van der Waals surface area contributed by atoms with Gasteiger partial charge in [-0.1, -0.05) is 0 Å². The Morgan fingerprint density at radius 1 is 0.950 bits per heavy atom. The van der Waals surface area contributed by atoms with Gasteiger partial charge in [0.05, 0.1) is 25.4 Å². The first-order chi connectivity index (χ1) is 9.72. The smallest absolute Gasteiger partial charge is 0.338 e. The van der Waals surface area contributed by atoms with Gasteiger partial charge in [-0.15, -0.1) is 0 Å². The second kappa shape index (κ2) is 9.20. The molecule has 1 aromatic rings. The van der Waals surface area contributed by atoms with Gasteiger partial charge >= 0.3 is 5.97 Å². The minimum absolute atomic E-state index is 0.240. The van der Waals surface area contributed by atoms with Gasteiger partial charge in [0.25, 0.3) is 0 Å². The number of carbonyl (C=O) groups is 1. The third-order valence-corrected chi connectivity index (χ3v) is 2.44. The van der Waals surface area contributed by atoms with Crippen LogP contribution in [0.2, 0.25) is 0 Å². The van der Waals surface area contributed by atoms with E-state index >= 15 is 0 Å². The van der Waals surface area contributed by atoms with Crippen molar-refractivity contribution in [3.63, 3.8) is 0 Å². The van der Waals surface area contributed by atoms with Crippen LogP contribution in [0.3, 0.4) is 0 Å². The highest BCUT2D eigenvalue weighted by Crippen LogP contribution is 2.28. The summed E-state index contributed by atoms with van der Waals surface area (Å²) in [7, 11) is 0. The first-order valence-electron chi connectivity index (χ1n) is 6.87. The molecule has 0 heterocycles. The van der Waals surface area contributed by atoms with Gasteiger partial charge in [0.15, 0.2) is 11.5 Å². The highest BCUT2D eigenvalue weighted by molar-refractivity contribution is 5.90. The lowest BCUT2D eigenvalue weighted by atomic mass is 10.2. The zero-order chi connectivity index (χ0) is 14.8. The molecule has 0 atom stereocenters. The van der Waals surface area contributed by atoms with Crippen LogP contribution in [0.4, 0.5) is 0 Å². The number of esters is 1. The fraction of sp³-hybridized carbons (Fsp3) is 0.533. The van der Waals surface area contributed by atoms with Crippen LogP contribution >= 0.6 is 0 Å². The molecule has 0 aliphatic heterocycles. The van der Waals surface area contributed by atoms with Gasteiger partial charge in [-0.3, -0.25) is 0 Å². The van der Waals surface area contributed by atoms with Crippen molar-refractivity contribution in [2.45, 2.75) is 20.8 Å². The SMILES string of the molecule is CCOCCOC(=O)c1ccc(OCC)c(OCC)c1. The Kier molecular flexibility index (Phi) is 7.50. The molecular formula is C15H22O5. The summed E-state index contributed by atoms with van der Waals surface area (Å²) in [5.74, 6) is 0.780. The van der Waals surface area contributed by atoms with Crippen molar-refractivity contribution in [3.05, 3.63) is 23.8 Å². The monoisotopic (exact) mass is 282 g/mol. The van der Waals surface area contributed by atoms with Gasteiger partial charge in [0, 0.05) is 6.61 Å². The molecule has 0 aromatic heterocycles. The standard InChI is InChI=1S/C15H22O5/c1-4-17-9-10-20-15(16)12-7-8-13(18-5-2)14(11-12)19-6-3/h7-8,11H,4-6,9-10H2,1-3H3. The Labute approximate surface area is 119 Å². The third kappa shape index (κ3) is 5.09. The second-order valence-corrected chi connectivity index (χ2v) is 3.86. The molecule has 0 amide bonds. The quantitative estimate of drug-likeness (QED) is 0.515. The van der Waals surface area contributed by atoms with E-state index in [1.165, 1.54) is 0 Å². The highest BCUT2D eigenvalue weighted by atomic mass is 16.6. The molecule has 0 aliphatic carbocycles. The fourth-order valence-corrected chi connectivity index (χ4v) is 1.60. The van der Waals surface area contributed by atoms with Crippen LogP contribution in [-0.4, -0.2) is 39.0 Å². The molecule has 0 bridgehead atoms. The van der Waals surface area contributed by atoms with Gasteiger partial charge < -0.3 is 18.9 Å². The summed E-state index contributed by atoms with van der Waals surface area (Å²) in [6.07, 6.45) is 0. The molecule has 0 aliphatic rings. The molecule has 0 radical (unpaired) electrons. The molecule has 0 spiro atoms. The average molecular weight is 282 g/mol. The van der Waals surface area contributed by atoms with Crippen LogP contribution in [0.15, 0.2) is 18.2 Å². The predicted molar refractivity (Wildman–Crippen MR) is 75.6 cm³/mol. The number of benzene rings is 1. The summed E-state index contributed by atoms with van der Waals surface area (Å²) in [5, 5.41) is 0. The first kappa shape index (κ1) is 16.3. The number of hydrogen-bond donors (Lipinski definition) is 0. The van der Waals surface area contributed by atoms with Crippen LogP contribution in [0.1, 0.15) is 31.1 Å². The van der Waals surface area contributed by atoms with E-state index in [4.69, 9.17) is 18.9 Å². The second-order valence-electron chi connectivity index (χ2n) is 3.86. The van der Waals surface area contributed by atoms with E-state index in [0.717, 1.165) is 0 Å². The van der Waals surface area contributed by atoms with Gasteiger partial charge in [0.1, 0.15) is 6.61 Å². The molecule has 0 unspecified atom stereocenters. The lowest BCUT2D eigenvalue weighted by molar-refractivity contribution is 0.0335. The van der Waals surface area contributed by atoms with E-state index in [-0.39, 0.29) is 6.61 Å². The van der Waals surface area contributed by atoms with E-state index < -0.39 is 5.97 Å². The molecule has 112 valence electrons. The van der Waals surface area contributed by atoms with Gasteiger partial charge in [-0.25, -0.2) is 4.79 Å². The number of carbonyl (C=O) groups excluding carboxylic acids is 1. The Morgan fingerprint density at radius 3 is 2.30 bits per heavy atom. The highest BCUT2D eigenvalue weighted by Gasteiger charge is 2.12. The van der Waals surface area contributed by atoms with Crippen molar-refractivity contribution >= 4 is 5.97 Å². The largest absolute Gasteiger partial charge is 0.490 e. The lowest BCUT2D eigenvalue weighted by Gasteiger charge is -2.12. The molecule has 1 rings (SSSR count). The summed E-state index contributed by atoms with van der Waals surface area (Å²) < 4.78 is 21.1. The topological polar surface area (TPSA) is 54.0 Å². The summed E-state index contributed by atoms with van der Waals surface area (Å²) >= 11 is 0. The predicted octanol–water partition coefficient (Wildman–Crippen LogP) is 2.68. The molecule has 1 aromatic carbocycles. The van der Waals surface area contributed by atoms with Gasteiger partial charge in [-0.2, -0.15) is 0 Å². The van der Waals surface area contributed by atoms with Crippen molar-refractivity contribution in [2.24, 2.45) is 0 Å². The Bertz CT molecular complexity index is 417. The van der Waals surface area contributed by atoms with Crippen LogP contribution < -0.4 is 9.47 Å². The van der Waals surface area contributed by atoms with E-state index in [0.29, 0.717) is 43.5 Å². The maximum Gasteiger partial charge on any atom is 0.338 e. The summed E-state index contributed by atoms with van der Waals surface area (Å²) in [4.78, 5) is 11.9. The van der Waals surface area contributed by atoms with Crippen molar-refractivity contribution in [1.82, 2.24) is 0 Å². The van der Waals surface area contributed by atoms with Crippen LogP contribution in [0, 0.1) is 0 Å². The normalized spacial score (nSPS) is 10.2. The number of ether oxygens (including phenoxy) is 4. The molecule has 0 fully saturated rings. The molecule has 0 saturated carbocycles.